The first-order chi connectivity index (χ1) is 13.8. The summed E-state index contributed by atoms with van der Waals surface area (Å²) in [5.41, 5.74) is 2.40. The molecule has 0 aromatic heterocycles. The van der Waals surface area contributed by atoms with Crippen molar-refractivity contribution in [2.75, 3.05) is 13.1 Å². The predicted molar refractivity (Wildman–Crippen MR) is 111 cm³/mol. The molecule has 28 heavy (non-hydrogen) atoms. The van der Waals surface area contributed by atoms with E-state index in [1.807, 2.05) is 36.5 Å². The van der Waals surface area contributed by atoms with Crippen LogP contribution in [0.25, 0.3) is 0 Å². The van der Waals surface area contributed by atoms with Crippen LogP contribution in [0.15, 0.2) is 58.7 Å². The van der Waals surface area contributed by atoms with Gasteiger partial charge in [0.2, 0.25) is 0 Å². The van der Waals surface area contributed by atoms with E-state index in [0.717, 1.165) is 24.6 Å². The highest BCUT2D eigenvalue weighted by Gasteiger charge is 2.28. The minimum absolute atomic E-state index is 0.221. The summed E-state index contributed by atoms with van der Waals surface area (Å²) in [4.78, 5) is 7.28. The first-order valence-electron chi connectivity index (χ1n) is 10.4. The summed E-state index contributed by atoms with van der Waals surface area (Å²) < 4.78 is 5.74. The molecule has 0 bridgehead atoms. The van der Waals surface area contributed by atoms with Crippen LogP contribution in [0, 0.1) is 17.4 Å². The average molecular weight is 377 g/mol. The van der Waals surface area contributed by atoms with E-state index in [2.05, 4.69) is 27.4 Å². The van der Waals surface area contributed by atoms with Crippen molar-refractivity contribution in [3.8, 4) is 11.9 Å². The summed E-state index contributed by atoms with van der Waals surface area (Å²) in [6.07, 6.45) is 15.1. The number of rotatable bonds is 3. The van der Waals surface area contributed by atoms with E-state index < -0.39 is 0 Å². The van der Waals surface area contributed by atoms with Gasteiger partial charge in [0, 0.05) is 6.04 Å². The van der Waals surface area contributed by atoms with Gasteiger partial charge < -0.3 is 9.64 Å². The van der Waals surface area contributed by atoms with Crippen molar-refractivity contribution < 1.29 is 4.74 Å². The second kappa shape index (κ2) is 9.07. The number of fused-ring (bicyclic) bond motifs is 1. The van der Waals surface area contributed by atoms with Crippen molar-refractivity contribution in [2.24, 2.45) is 10.9 Å². The Kier molecular flexibility index (Phi) is 6.08. The number of allylic oxidation sites excluding steroid dienone is 3. The summed E-state index contributed by atoms with van der Waals surface area (Å²) in [5.74, 6) is 1.31. The minimum atomic E-state index is 0.221. The lowest BCUT2D eigenvalue weighted by molar-refractivity contribution is 0.219. The topological polar surface area (TPSA) is 60.7 Å². The fraction of sp³-hybridized carbons (Fsp3) is 0.478. The van der Waals surface area contributed by atoms with Crippen molar-refractivity contribution in [1.82, 2.24) is 10.2 Å². The number of ether oxygens (including phenoxy) is 1. The van der Waals surface area contributed by atoms with Crippen LogP contribution in [0.2, 0.25) is 0 Å². The number of para-hydroxylation sites is 1. The molecule has 1 unspecified atom stereocenters. The molecule has 0 radical (unpaired) electrons. The molecular formula is C23H28N4O. The van der Waals surface area contributed by atoms with E-state index >= 15 is 0 Å². The fourth-order valence-electron chi connectivity index (χ4n) is 4.62. The van der Waals surface area contributed by atoms with Crippen molar-refractivity contribution in [3.05, 3.63) is 53.8 Å². The predicted octanol–water partition coefficient (Wildman–Crippen LogP) is 4.36. The van der Waals surface area contributed by atoms with E-state index in [0.29, 0.717) is 11.7 Å². The Bertz CT molecular complexity index is 800. The first kappa shape index (κ1) is 18.8. The van der Waals surface area contributed by atoms with Crippen molar-refractivity contribution in [3.63, 3.8) is 0 Å². The maximum Gasteiger partial charge on any atom is 0.309 e. The summed E-state index contributed by atoms with van der Waals surface area (Å²) in [6, 6.07) is 10.4. The molecule has 1 aromatic carbocycles. The zero-order valence-electron chi connectivity index (χ0n) is 16.3. The normalized spacial score (nSPS) is 25.8. The lowest BCUT2D eigenvalue weighted by atomic mass is 9.87. The highest BCUT2D eigenvalue weighted by atomic mass is 16.5. The second-order valence-electron chi connectivity index (χ2n) is 7.86. The van der Waals surface area contributed by atoms with Gasteiger partial charge in [-0.1, -0.05) is 29.8 Å². The molecule has 4 rings (SSSR count). The third-order valence-electron chi connectivity index (χ3n) is 6.09. The fourth-order valence-corrected chi connectivity index (χ4v) is 4.62. The molecule has 146 valence electrons. The Morgan fingerprint density at radius 1 is 1.14 bits per heavy atom. The first-order valence-corrected chi connectivity index (χ1v) is 10.4. The van der Waals surface area contributed by atoms with Gasteiger partial charge in [0.15, 0.2) is 6.19 Å². The maximum atomic E-state index is 9.04. The van der Waals surface area contributed by atoms with E-state index in [1.165, 1.54) is 50.8 Å². The number of benzene rings is 1. The number of amidine groups is 1. The molecule has 5 heteroatoms. The molecule has 3 aliphatic rings. The third kappa shape index (κ3) is 4.63. The van der Waals surface area contributed by atoms with Crippen LogP contribution < -0.4 is 10.1 Å². The van der Waals surface area contributed by atoms with Crippen molar-refractivity contribution >= 4 is 6.02 Å². The molecule has 0 amide bonds. The molecule has 1 aliphatic heterocycles. The average Bonchev–Trinajstić information content (AvgIpc) is 3.17. The van der Waals surface area contributed by atoms with Crippen LogP contribution >= 0.6 is 0 Å². The number of nitrogens with one attached hydrogen (secondary N) is 1. The summed E-state index contributed by atoms with van der Waals surface area (Å²) in [6.45, 7) is 2.56. The van der Waals surface area contributed by atoms with Gasteiger partial charge in [0.25, 0.3) is 0 Å². The van der Waals surface area contributed by atoms with Gasteiger partial charge in [-0.15, -0.1) is 0 Å². The Morgan fingerprint density at radius 3 is 2.75 bits per heavy atom. The third-order valence-corrected chi connectivity index (χ3v) is 6.09. The maximum absolute atomic E-state index is 9.04. The highest BCUT2D eigenvalue weighted by Crippen LogP contribution is 2.37. The number of hydrogen-bond acceptors (Lipinski definition) is 4. The number of aliphatic imine (C=N–C) groups is 1. The molecular weight excluding hydrogens is 348 g/mol. The van der Waals surface area contributed by atoms with Crippen LogP contribution in [0.4, 0.5) is 0 Å². The SMILES string of the molecule is N#CNC(=NC1=CCC2CC[C@@H](N3CCCC3)CCC2=C1)Oc1ccccc1. The summed E-state index contributed by atoms with van der Waals surface area (Å²) in [5, 5.41) is 11.6. The number of nitriles is 1. The Morgan fingerprint density at radius 2 is 1.96 bits per heavy atom. The zero-order valence-corrected chi connectivity index (χ0v) is 16.3. The summed E-state index contributed by atoms with van der Waals surface area (Å²) in [7, 11) is 0. The Labute approximate surface area is 167 Å². The highest BCUT2D eigenvalue weighted by molar-refractivity contribution is 5.79. The van der Waals surface area contributed by atoms with Gasteiger partial charge in [0.1, 0.15) is 5.75 Å². The van der Waals surface area contributed by atoms with E-state index in [-0.39, 0.29) is 6.02 Å². The molecule has 1 N–H and O–H groups in total. The van der Waals surface area contributed by atoms with Gasteiger partial charge in [-0.25, -0.2) is 5.32 Å². The van der Waals surface area contributed by atoms with Crippen LogP contribution in [-0.4, -0.2) is 30.1 Å². The van der Waals surface area contributed by atoms with Gasteiger partial charge in [-0.2, -0.15) is 10.3 Å². The molecule has 1 saturated carbocycles. The largest absolute Gasteiger partial charge is 0.425 e. The molecule has 2 fully saturated rings. The van der Waals surface area contributed by atoms with Gasteiger partial charge >= 0.3 is 6.02 Å². The van der Waals surface area contributed by atoms with Crippen LogP contribution in [0.5, 0.6) is 5.75 Å². The Hall–Kier alpha value is -2.58. The smallest absolute Gasteiger partial charge is 0.309 e. The second-order valence-corrected chi connectivity index (χ2v) is 7.86. The molecule has 1 saturated heterocycles. The molecule has 0 spiro atoms. The monoisotopic (exact) mass is 376 g/mol. The molecule has 5 nitrogen and oxygen atoms in total. The standard InChI is InChI=1S/C23H28N4O/c24-17-25-23(28-22-6-2-1-3-7-22)26-20-11-8-18-9-12-21(13-10-19(18)16-20)27-14-4-5-15-27/h1-3,6-7,11,16,18,21H,4-5,8-10,12-15H2,(H,25,26)/t18?,21-/m1/s1. The molecule has 2 atom stereocenters. The summed E-state index contributed by atoms with van der Waals surface area (Å²) >= 11 is 0. The van der Waals surface area contributed by atoms with Gasteiger partial charge in [-0.3, -0.25) is 0 Å². The number of likely N-dealkylation sites (tertiary alicyclic amines) is 1. The lowest BCUT2D eigenvalue weighted by Crippen LogP contribution is -2.32. The minimum Gasteiger partial charge on any atom is -0.425 e. The molecule has 1 heterocycles. The zero-order chi connectivity index (χ0) is 19.2. The quantitative estimate of drug-likeness (QED) is 0.368. The van der Waals surface area contributed by atoms with Crippen LogP contribution in [-0.2, 0) is 0 Å². The number of nitrogens with zero attached hydrogens (tertiary/aromatic N) is 3. The number of hydrogen-bond donors (Lipinski definition) is 1. The van der Waals surface area contributed by atoms with E-state index in [9.17, 15) is 0 Å². The van der Waals surface area contributed by atoms with Crippen LogP contribution in [0.1, 0.15) is 44.9 Å². The molecule has 2 aliphatic carbocycles. The molecule has 1 aromatic rings. The van der Waals surface area contributed by atoms with Crippen LogP contribution in [0.3, 0.4) is 0 Å². The van der Waals surface area contributed by atoms with Crippen molar-refractivity contribution in [2.45, 2.75) is 51.0 Å². The Balaban J connectivity index is 1.45. The van der Waals surface area contributed by atoms with Gasteiger partial charge in [0.05, 0.1) is 5.70 Å². The lowest BCUT2D eigenvalue weighted by Gasteiger charge is -2.26. The van der Waals surface area contributed by atoms with E-state index in [4.69, 9.17) is 10.00 Å². The van der Waals surface area contributed by atoms with Crippen molar-refractivity contribution in [1.29, 1.82) is 5.26 Å². The van der Waals surface area contributed by atoms with Gasteiger partial charge in [-0.05, 0) is 82.2 Å². The van der Waals surface area contributed by atoms with E-state index in [1.54, 1.807) is 0 Å².